The first-order chi connectivity index (χ1) is 18.5. The van der Waals surface area contributed by atoms with E-state index in [1.807, 2.05) is 26.0 Å². The smallest absolute Gasteiger partial charge is 0.255 e. The lowest BCUT2D eigenvalue weighted by atomic mass is 9.58. The van der Waals surface area contributed by atoms with Crippen LogP contribution in [-0.4, -0.2) is 32.6 Å². The predicted octanol–water partition coefficient (Wildman–Crippen LogP) is 5.04. The molecule has 3 aliphatic rings. The topological polar surface area (TPSA) is 121 Å². The molecule has 5 rings (SSSR count). The SMILES string of the molecule is C=C1C2=C(C)[C@]3(O)C(O)=C(C(N)=O)C(=O)C[C@@H]3C[C@@H]2Cc2c(/C=C\Cc3ccc(O)c(CC)c3)ccc(C)c21. The molecule has 6 nitrogen and oxygen atoms in total. The molecule has 1 amide bonds. The van der Waals surface area contributed by atoms with Crippen molar-refractivity contribution in [2.45, 2.75) is 58.5 Å². The van der Waals surface area contributed by atoms with Gasteiger partial charge in [0.25, 0.3) is 5.91 Å². The van der Waals surface area contributed by atoms with Crippen LogP contribution in [-0.2, 0) is 28.9 Å². The van der Waals surface area contributed by atoms with Crippen molar-refractivity contribution in [3.05, 3.63) is 98.8 Å². The molecule has 0 aromatic heterocycles. The van der Waals surface area contributed by atoms with Gasteiger partial charge in [0, 0.05) is 12.3 Å². The number of fused-ring (bicyclic) bond motifs is 3. The fraction of sp³-hybridized carbons (Fsp3) is 0.333. The standard InChI is InChI=1S/C33H35NO5/c1-5-21-13-20(10-12-26(21)35)7-6-8-22-11-9-17(2)28-18(3)29-19(4)33(39)24(14-23(29)15-25(22)28)16-27(36)30(31(33)37)32(34)38/h6,8-13,23-24,35,37,39H,3,5,7,14-16H2,1-2,4H3,(H2,34,38)/b8-6-/t23-,24+,33-/m1/s1. The fourth-order valence-electron chi connectivity index (χ4n) is 6.94. The number of benzene rings is 2. The number of ketones is 1. The molecule has 0 aliphatic heterocycles. The maximum Gasteiger partial charge on any atom is 0.255 e. The highest BCUT2D eigenvalue weighted by molar-refractivity contribution is 6.20. The lowest BCUT2D eigenvalue weighted by molar-refractivity contribution is -0.126. The Kier molecular flexibility index (Phi) is 6.63. The third-order valence-corrected chi connectivity index (χ3v) is 8.91. The summed E-state index contributed by atoms with van der Waals surface area (Å²) in [4.78, 5) is 24.6. The van der Waals surface area contributed by atoms with Crippen LogP contribution in [0, 0.1) is 18.8 Å². The van der Waals surface area contributed by atoms with Crippen molar-refractivity contribution in [1.29, 1.82) is 0 Å². The van der Waals surface area contributed by atoms with Crippen molar-refractivity contribution < 1.29 is 24.9 Å². The van der Waals surface area contributed by atoms with E-state index in [1.54, 1.807) is 13.0 Å². The van der Waals surface area contributed by atoms with E-state index in [4.69, 9.17) is 5.73 Å². The summed E-state index contributed by atoms with van der Waals surface area (Å²) in [5.41, 5.74) is 11.7. The third-order valence-electron chi connectivity index (χ3n) is 8.91. The third kappa shape index (κ3) is 4.14. The zero-order chi connectivity index (χ0) is 28.2. The van der Waals surface area contributed by atoms with Crippen molar-refractivity contribution in [2.24, 2.45) is 17.6 Å². The summed E-state index contributed by atoms with van der Waals surface area (Å²) in [6.45, 7) is 10.3. The van der Waals surface area contributed by atoms with E-state index in [0.717, 1.165) is 58.2 Å². The van der Waals surface area contributed by atoms with E-state index < -0.39 is 34.5 Å². The molecular formula is C33H35NO5. The molecule has 0 unspecified atom stereocenters. The van der Waals surface area contributed by atoms with Crippen LogP contribution in [0.3, 0.4) is 0 Å². The molecule has 0 saturated carbocycles. The van der Waals surface area contributed by atoms with Gasteiger partial charge in [0.05, 0.1) is 0 Å². The molecule has 6 heteroatoms. The number of aliphatic hydroxyl groups is 2. The Balaban J connectivity index is 1.54. The first-order valence-corrected chi connectivity index (χ1v) is 13.5. The molecule has 2 aromatic carbocycles. The van der Waals surface area contributed by atoms with Crippen LogP contribution in [0.15, 0.2) is 65.5 Å². The van der Waals surface area contributed by atoms with Crippen LogP contribution in [0.2, 0.25) is 0 Å². The Morgan fingerprint density at radius 2 is 1.92 bits per heavy atom. The van der Waals surface area contributed by atoms with Gasteiger partial charge in [-0.05, 0) is 102 Å². The number of hydrogen-bond donors (Lipinski definition) is 4. The minimum atomic E-state index is -1.82. The van der Waals surface area contributed by atoms with Gasteiger partial charge in [-0.3, -0.25) is 9.59 Å². The number of carbonyl (C=O) groups is 2. The van der Waals surface area contributed by atoms with E-state index in [2.05, 4.69) is 30.9 Å². The van der Waals surface area contributed by atoms with E-state index >= 15 is 0 Å². The number of rotatable bonds is 5. The van der Waals surface area contributed by atoms with Crippen LogP contribution < -0.4 is 5.73 Å². The number of allylic oxidation sites excluding steroid dienone is 3. The molecule has 0 heterocycles. The monoisotopic (exact) mass is 525 g/mol. The highest BCUT2D eigenvalue weighted by atomic mass is 16.3. The fourth-order valence-corrected chi connectivity index (χ4v) is 6.94. The molecule has 3 aliphatic carbocycles. The van der Waals surface area contributed by atoms with Crippen LogP contribution in [0.5, 0.6) is 5.75 Å². The Morgan fingerprint density at radius 3 is 2.62 bits per heavy atom. The zero-order valence-corrected chi connectivity index (χ0v) is 22.7. The number of Topliss-reactive ketones (excluding diaryl/α,β-unsaturated/α-hetero) is 1. The number of primary amides is 1. The summed E-state index contributed by atoms with van der Waals surface area (Å²) >= 11 is 0. The number of aliphatic hydroxyl groups excluding tert-OH is 1. The van der Waals surface area contributed by atoms with Crippen molar-refractivity contribution in [3.63, 3.8) is 0 Å². The number of phenolic OH excluding ortho intramolecular Hbond substituents is 1. The molecule has 3 atom stereocenters. The number of nitrogens with two attached hydrogens (primary N) is 1. The lowest BCUT2D eigenvalue weighted by Gasteiger charge is -2.49. The van der Waals surface area contributed by atoms with Gasteiger partial charge in [-0.2, -0.15) is 0 Å². The number of aryl methyl sites for hydroxylation is 2. The maximum absolute atomic E-state index is 12.7. The molecule has 2 aromatic rings. The normalized spacial score (nSPS) is 24.6. The number of aromatic hydroxyl groups is 1. The quantitative estimate of drug-likeness (QED) is 0.408. The summed E-state index contributed by atoms with van der Waals surface area (Å²) < 4.78 is 0. The second-order valence-electron chi connectivity index (χ2n) is 11.1. The largest absolute Gasteiger partial charge is 0.508 e. The number of hydrogen-bond acceptors (Lipinski definition) is 5. The molecule has 202 valence electrons. The van der Waals surface area contributed by atoms with Crippen LogP contribution in [0.1, 0.15) is 60.1 Å². The second-order valence-corrected chi connectivity index (χ2v) is 11.1. The molecule has 0 bridgehead atoms. The Hall–Kier alpha value is -3.90. The second kappa shape index (κ2) is 9.69. The van der Waals surface area contributed by atoms with Gasteiger partial charge in [-0.25, -0.2) is 0 Å². The summed E-state index contributed by atoms with van der Waals surface area (Å²) in [6, 6.07) is 9.90. The van der Waals surface area contributed by atoms with Gasteiger partial charge >= 0.3 is 0 Å². The minimum Gasteiger partial charge on any atom is -0.508 e. The van der Waals surface area contributed by atoms with Crippen LogP contribution >= 0.6 is 0 Å². The Morgan fingerprint density at radius 1 is 1.18 bits per heavy atom. The van der Waals surface area contributed by atoms with Crippen molar-refractivity contribution in [3.8, 4) is 5.75 Å². The highest BCUT2D eigenvalue weighted by Crippen LogP contribution is 2.55. The molecule has 0 fully saturated rings. The predicted molar refractivity (Wildman–Crippen MR) is 152 cm³/mol. The first-order valence-electron chi connectivity index (χ1n) is 13.5. The number of phenols is 1. The minimum absolute atomic E-state index is 0.0177. The lowest BCUT2D eigenvalue weighted by Crippen LogP contribution is -2.52. The van der Waals surface area contributed by atoms with E-state index in [9.17, 15) is 24.9 Å². The summed E-state index contributed by atoms with van der Waals surface area (Å²) in [5.74, 6) is -2.40. The van der Waals surface area contributed by atoms with Crippen LogP contribution in [0.4, 0.5) is 0 Å². The molecule has 39 heavy (non-hydrogen) atoms. The van der Waals surface area contributed by atoms with Gasteiger partial charge in [0.2, 0.25) is 0 Å². The van der Waals surface area contributed by atoms with E-state index in [-0.39, 0.29) is 12.3 Å². The average Bonchev–Trinajstić information content (AvgIpc) is 2.88. The van der Waals surface area contributed by atoms with Crippen LogP contribution in [0.25, 0.3) is 11.6 Å². The van der Waals surface area contributed by atoms with Crippen molar-refractivity contribution in [2.75, 3.05) is 0 Å². The van der Waals surface area contributed by atoms with Gasteiger partial charge in [-0.15, -0.1) is 0 Å². The molecule has 0 saturated heterocycles. The van der Waals surface area contributed by atoms with E-state index in [0.29, 0.717) is 17.7 Å². The Labute approximate surface area is 228 Å². The zero-order valence-electron chi connectivity index (χ0n) is 22.7. The van der Waals surface area contributed by atoms with Crippen molar-refractivity contribution >= 4 is 23.3 Å². The summed E-state index contributed by atoms with van der Waals surface area (Å²) in [7, 11) is 0. The summed E-state index contributed by atoms with van der Waals surface area (Å²) in [6.07, 6.45) is 6.91. The van der Waals surface area contributed by atoms with Gasteiger partial charge in [-0.1, -0.05) is 49.9 Å². The maximum atomic E-state index is 12.7. The first kappa shape index (κ1) is 26.7. The molecule has 5 N–H and O–H groups in total. The highest BCUT2D eigenvalue weighted by Gasteiger charge is 2.55. The molecule has 0 spiro atoms. The van der Waals surface area contributed by atoms with Gasteiger partial charge in [0.1, 0.15) is 22.7 Å². The van der Waals surface area contributed by atoms with Gasteiger partial charge in [0.15, 0.2) is 5.78 Å². The van der Waals surface area contributed by atoms with Crippen molar-refractivity contribution in [1.82, 2.24) is 0 Å². The number of amides is 1. The summed E-state index contributed by atoms with van der Waals surface area (Å²) in [5, 5.41) is 32.7. The molecule has 0 radical (unpaired) electrons. The average molecular weight is 526 g/mol. The Bertz CT molecular complexity index is 1520. The van der Waals surface area contributed by atoms with E-state index in [1.165, 1.54) is 5.56 Å². The number of carbonyl (C=O) groups excluding carboxylic acids is 2. The molecular weight excluding hydrogens is 490 g/mol. The van der Waals surface area contributed by atoms with Gasteiger partial charge < -0.3 is 21.1 Å².